The number of carbonyl (C=O) groups excluding carboxylic acids is 1. The molecular formula is C11H21N3O2. The van der Waals surface area contributed by atoms with Gasteiger partial charge in [0.05, 0.1) is 13.2 Å². The van der Waals surface area contributed by atoms with Crippen molar-refractivity contribution in [2.75, 3.05) is 39.9 Å². The summed E-state index contributed by atoms with van der Waals surface area (Å²) in [5.74, 6) is 0.773. The van der Waals surface area contributed by atoms with Crippen LogP contribution in [-0.4, -0.2) is 56.2 Å². The summed E-state index contributed by atoms with van der Waals surface area (Å²) in [5, 5.41) is 2.81. The molecule has 16 heavy (non-hydrogen) atoms. The molecule has 0 radical (unpaired) electrons. The second-order valence-electron chi connectivity index (χ2n) is 5.00. The Balaban J connectivity index is 1.59. The van der Waals surface area contributed by atoms with Gasteiger partial charge in [0.15, 0.2) is 0 Å². The van der Waals surface area contributed by atoms with Crippen LogP contribution in [0.25, 0.3) is 0 Å². The SMILES string of the molecule is COCCNC(=O)CN1CC(N)(C2CC2)C1. The number of ether oxygens (including phenoxy) is 1. The van der Waals surface area contributed by atoms with E-state index in [9.17, 15) is 4.79 Å². The van der Waals surface area contributed by atoms with Crippen LogP contribution in [0.3, 0.4) is 0 Å². The molecule has 1 saturated heterocycles. The van der Waals surface area contributed by atoms with E-state index < -0.39 is 0 Å². The molecule has 5 heteroatoms. The van der Waals surface area contributed by atoms with Gasteiger partial charge in [-0.25, -0.2) is 0 Å². The van der Waals surface area contributed by atoms with Crippen molar-refractivity contribution in [3.05, 3.63) is 0 Å². The van der Waals surface area contributed by atoms with Gasteiger partial charge in [-0.05, 0) is 18.8 Å². The van der Waals surface area contributed by atoms with Gasteiger partial charge in [-0.15, -0.1) is 0 Å². The molecule has 0 atom stereocenters. The minimum absolute atomic E-state index is 0.00676. The molecule has 92 valence electrons. The third-order valence-electron chi connectivity index (χ3n) is 3.42. The van der Waals surface area contributed by atoms with Crippen LogP contribution in [0, 0.1) is 5.92 Å². The Hall–Kier alpha value is -0.650. The highest BCUT2D eigenvalue weighted by molar-refractivity contribution is 5.78. The summed E-state index contributed by atoms with van der Waals surface area (Å²) in [7, 11) is 1.62. The Bertz CT molecular complexity index is 260. The summed E-state index contributed by atoms with van der Waals surface area (Å²) >= 11 is 0. The summed E-state index contributed by atoms with van der Waals surface area (Å²) in [6, 6.07) is 0. The molecule has 0 aromatic carbocycles. The molecule has 2 aliphatic rings. The van der Waals surface area contributed by atoms with E-state index in [0.29, 0.717) is 25.6 Å². The minimum atomic E-state index is 0.00676. The predicted molar refractivity (Wildman–Crippen MR) is 61.0 cm³/mol. The number of hydrogen-bond donors (Lipinski definition) is 2. The van der Waals surface area contributed by atoms with E-state index >= 15 is 0 Å². The number of nitrogens with one attached hydrogen (secondary N) is 1. The van der Waals surface area contributed by atoms with Crippen molar-refractivity contribution in [1.82, 2.24) is 10.2 Å². The average molecular weight is 227 g/mol. The fourth-order valence-corrected chi connectivity index (χ4v) is 2.37. The summed E-state index contributed by atoms with van der Waals surface area (Å²) in [5.41, 5.74) is 6.21. The van der Waals surface area contributed by atoms with Crippen LogP contribution in [-0.2, 0) is 9.53 Å². The highest BCUT2D eigenvalue weighted by Gasteiger charge is 2.50. The summed E-state index contributed by atoms with van der Waals surface area (Å²) in [4.78, 5) is 13.6. The molecule has 0 spiro atoms. The Kier molecular flexibility index (Phi) is 3.47. The molecule has 1 aliphatic heterocycles. The van der Waals surface area contributed by atoms with Crippen molar-refractivity contribution >= 4 is 5.91 Å². The Morgan fingerprint density at radius 2 is 2.25 bits per heavy atom. The molecule has 1 heterocycles. The van der Waals surface area contributed by atoms with Gasteiger partial charge in [0.25, 0.3) is 0 Å². The number of nitrogens with zero attached hydrogens (tertiary/aromatic N) is 1. The molecule has 0 aromatic heterocycles. The summed E-state index contributed by atoms with van der Waals surface area (Å²) < 4.78 is 4.86. The van der Waals surface area contributed by atoms with Gasteiger partial charge in [-0.1, -0.05) is 0 Å². The van der Waals surface area contributed by atoms with E-state index in [4.69, 9.17) is 10.5 Å². The van der Waals surface area contributed by atoms with Crippen LogP contribution in [0.4, 0.5) is 0 Å². The minimum Gasteiger partial charge on any atom is -0.383 e. The van der Waals surface area contributed by atoms with Crippen LogP contribution < -0.4 is 11.1 Å². The summed E-state index contributed by atoms with van der Waals surface area (Å²) in [6.45, 7) is 3.36. The molecule has 2 fully saturated rings. The first kappa shape index (κ1) is 11.8. The molecule has 1 saturated carbocycles. The van der Waals surface area contributed by atoms with Crippen molar-refractivity contribution in [1.29, 1.82) is 0 Å². The van der Waals surface area contributed by atoms with Crippen molar-refractivity contribution in [3.63, 3.8) is 0 Å². The van der Waals surface area contributed by atoms with E-state index in [1.54, 1.807) is 7.11 Å². The highest BCUT2D eigenvalue weighted by atomic mass is 16.5. The lowest BCUT2D eigenvalue weighted by atomic mass is 9.86. The Morgan fingerprint density at radius 1 is 1.56 bits per heavy atom. The van der Waals surface area contributed by atoms with Crippen LogP contribution in [0.2, 0.25) is 0 Å². The molecule has 5 nitrogen and oxygen atoms in total. The van der Waals surface area contributed by atoms with Crippen LogP contribution in [0.5, 0.6) is 0 Å². The average Bonchev–Trinajstić information content (AvgIpc) is 2.98. The lowest BCUT2D eigenvalue weighted by Crippen LogP contribution is -2.69. The quantitative estimate of drug-likeness (QED) is 0.581. The Morgan fingerprint density at radius 3 is 2.81 bits per heavy atom. The van der Waals surface area contributed by atoms with Gasteiger partial charge in [0.2, 0.25) is 5.91 Å². The van der Waals surface area contributed by atoms with Crippen molar-refractivity contribution < 1.29 is 9.53 Å². The number of amides is 1. The predicted octanol–water partition coefficient (Wildman–Crippen LogP) is -0.828. The van der Waals surface area contributed by atoms with Gasteiger partial charge < -0.3 is 15.8 Å². The van der Waals surface area contributed by atoms with Gasteiger partial charge in [0, 0.05) is 32.3 Å². The number of hydrogen-bond acceptors (Lipinski definition) is 4. The third kappa shape index (κ3) is 2.72. The molecule has 3 N–H and O–H groups in total. The zero-order valence-corrected chi connectivity index (χ0v) is 9.87. The zero-order valence-electron chi connectivity index (χ0n) is 9.87. The van der Waals surface area contributed by atoms with E-state index in [2.05, 4.69) is 10.2 Å². The first-order valence-electron chi connectivity index (χ1n) is 5.91. The van der Waals surface area contributed by atoms with Crippen LogP contribution in [0.1, 0.15) is 12.8 Å². The molecule has 1 amide bonds. The monoisotopic (exact) mass is 227 g/mol. The first-order chi connectivity index (χ1) is 7.64. The fourth-order valence-electron chi connectivity index (χ4n) is 2.37. The van der Waals surface area contributed by atoms with E-state index in [1.165, 1.54) is 12.8 Å². The molecule has 0 aromatic rings. The fraction of sp³-hybridized carbons (Fsp3) is 0.909. The summed E-state index contributed by atoms with van der Waals surface area (Å²) in [6.07, 6.45) is 2.54. The van der Waals surface area contributed by atoms with Crippen LogP contribution in [0.15, 0.2) is 0 Å². The molecule has 0 bridgehead atoms. The molecule has 2 rings (SSSR count). The molecule has 0 unspecified atom stereocenters. The maximum absolute atomic E-state index is 11.5. The highest BCUT2D eigenvalue weighted by Crippen LogP contribution is 2.42. The zero-order chi connectivity index (χ0) is 11.6. The van der Waals surface area contributed by atoms with E-state index in [-0.39, 0.29) is 11.4 Å². The van der Waals surface area contributed by atoms with Gasteiger partial charge >= 0.3 is 0 Å². The van der Waals surface area contributed by atoms with Crippen LogP contribution >= 0.6 is 0 Å². The van der Waals surface area contributed by atoms with Crippen molar-refractivity contribution in [2.45, 2.75) is 18.4 Å². The lowest BCUT2D eigenvalue weighted by Gasteiger charge is -2.48. The van der Waals surface area contributed by atoms with Gasteiger partial charge in [0.1, 0.15) is 0 Å². The smallest absolute Gasteiger partial charge is 0.234 e. The number of methoxy groups -OCH3 is 1. The molecular weight excluding hydrogens is 206 g/mol. The third-order valence-corrected chi connectivity index (χ3v) is 3.42. The van der Waals surface area contributed by atoms with Gasteiger partial charge in [-0.3, -0.25) is 9.69 Å². The first-order valence-corrected chi connectivity index (χ1v) is 5.91. The lowest BCUT2D eigenvalue weighted by molar-refractivity contribution is -0.124. The second kappa shape index (κ2) is 4.69. The normalized spacial score (nSPS) is 23.9. The maximum atomic E-state index is 11.5. The number of rotatable bonds is 6. The number of nitrogens with two attached hydrogens (primary N) is 1. The van der Waals surface area contributed by atoms with E-state index in [0.717, 1.165) is 13.1 Å². The standard InChI is InChI=1S/C11H21N3O2/c1-16-5-4-13-10(15)6-14-7-11(12,8-14)9-2-3-9/h9H,2-8,12H2,1H3,(H,13,15). The van der Waals surface area contributed by atoms with E-state index in [1.807, 2.05) is 0 Å². The van der Waals surface area contributed by atoms with Gasteiger partial charge in [-0.2, -0.15) is 0 Å². The van der Waals surface area contributed by atoms with Crippen molar-refractivity contribution in [3.8, 4) is 0 Å². The maximum Gasteiger partial charge on any atom is 0.234 e. The number of likely N-dealkylation sites (tertiary alicyclic amines) is 1. The topological polar surface area (TPSA) is 67.6 Å². The largest absolute Gasteiger partial charge is 0.383 e. The second-order valence-corrected chi connectivity index (χ2v) is 5.00. The molecule has 1 aliphatic carbocycles. The Labute approximate surface area is 96.3 Å². The van der Waals surface area contributed by atoms with Crippen molar-refractivity contribution in [2.24, 2.45) is 11.7 Å². The number of carbonyl (C=O) groups is 1.